The quantitative estimate of drug-likeness (QED) is 0.712. The molecule has 2 aromatic rings. The summed E-state index contributed by atoms with van der Waals surface area (Å²) in [5, 5.41) is 5.46. The minimum Gasteiger partial charge on any atom is -0.368 e. The Kier molecular flexibility index (Phi) is 5.97. The average molecular weight is 390 g/mol. The van der Waals surface area contributed by atoms with E-state index >= 15 is 0 Å². The lowest BCUT2D eigenvalue weighted by atomic mass is 10.2. The van der Waals surface area contributed by atoms with E-state index < -0.39 is 23.1 Å². The Labute approximate surface area is 160 Å². The standard InChI is InChI=1S/C18H20F2N6O2/c1-25-7-8-26(10-16(25)27)15-9-14(23-11-24-15)21-5-6-22-18(28)17-12(19)3-2-4-13(17)20/h2-4,9,11H,5-8,10H2,1H3,(H,22,28)(H,21,23,24). The number of aromatic nitrogens is 2. The lowest BCUT2D eigenvalue weighted by Gasteiger charge is -2.32. The Morgan fingerprint density at radius 3 is 2.64 bits per heavy atom. The fourth-order valence-electron chi connectivity index (χ4n) is 2.74. The van der Waals surface area contributed by atoms with Gasteiger partial charge in [0, 0.05) is 39.3 Å². The molecule has 0 radical (unpaired) electrons. The van der Waals surface area contributed by atoms with Gasteiger partial charge in [-0.05, 0) is 12.1 Å². The lowest BCUT2D eigenvalue weighted by Crippen LogP contribution is -2.48. The number of nitrogens with one attached hydrogen (secondary N) is 2. The zero-order valence-electron chi connectivity index (χ0n) is 15.3. The van der Waals surface area contributed by atoms with E-state index in [4.69, 9.17) is 0 Å². The van der Waals surface area contributed by atoms with Gasteiger partial charge in [-0.15, -0.1) is 0 Å². The van der Waals surface area contributed by atoms with Crippen molar-refractivity contribution in [2.75, 3.05) is 50.0 Å². The molecule has 2 heterocycles. The van der Waals surface area contributed by atoms with Gasteiger partial charge >= 0.3 is 0 Å². The predicted octanol–water partition coefficient (Wildman–Crippen LogP) is 0.875. The Morgan fingerprint density at radius 2 is 1.93 bits per heavy atom. The monoisotopic (exact) mass is 390 g/mol. The molecular formula is C18H20F2N6O2. The van der Waals surface area contributed by atoms with Gasteiger partial charge in [0.1, 0.15) is 35.2 Å². The minimum absolute atomic E-state index is 0.0162. The highest BCUT2D eigenvalue weighted by atomic mass is 19.1. The summed E-state index contributed by atoms with van der Waals surface area (Å²) in [6.45, 7) is 1.96. The molecule has 0 unspecified atom stereocenters. The summed E-state index contributed by atoms with van der Waals surface area (Å²) in [5.41, 5.74) is -0.605. The van der Waals surface area contributed by atoms with Crippen molar-refractivity contribution in [2.45, 2.75) is 0 Å². The first-order chi connectivity index (χ1) is 13.5. The number of amides is 2. The smallest absolute Gasteiger partial charge is 0.257 e. The van der Waals surface area contributed by atoms with E-state index in [0.717, 1.165) is 12.1 Å². The molecule has 0 atom stereocenters. The molecule has 148 valence electrons. The van der Waals surface area contributed by atoms with Gasteiger partial charge in [0.15, 0.2) is 0 Å². The fraction of sp³-hybridized carbons (Fsp3) is 0.333. The van der Waals surface area contributed by atoms with Crippen LogP contribution >= 0.6 is 0 Å². The van der Waals surface area contributed by atoms with Gasteiger partial charge in [-0.25, -0.2) is 18.7 Å². The molecular weight excluding hydrogens is 370 g/mol. The summed E-state index contributed by atoms with van der Waals surface area (Å²) >= 11 is 0. The van der Waals surface area contributed by atoms with Gasteiger partial charge in [-0.2, -0.15) is 0 Å². The van der Waals surface area contributed by atoms with Gasteiger partial charge in [-0.3, -0.25) is 9.59 Å². The Bertz CT molecular complexity index is 859. The average Bonchev–Trinajstić information content (AvgIpc) is 2.67. The number of likely N-dealkylation sites (N-methyl/N-ethyl adjacent to an activating group) is 1. The molecule has 0 bridgehead atoms. The number of anilines is 2. The van der Waals surface area contributed by atoms with Crippen LogP contribution in [0.5, 0.6) is 0 Å². The van der Waals surface area contributed by atoms with E-state index in [1.54, 1.807) is 18.0 Å². The van der Waals surface area contributed by atoms with Gasteiger partial charge in [0.25, 0.3) is 5.91 Å². The highest BCUT2D eigenvalue weighted by molar-refractivity contribution is 5.94. The molecule has 1 aliphatic rings. The minimum atomic E-state index is -0.910. The molecule has 2 amide bonds. The molecule has 28 heavy (non-hydrogen) atoms. The zero-order chi connectivity index (χ0) is 20.1. The first kappa shape index (κ1) is 19.5. The van der Waals surface area contributed by atoms with Crippen molar-refractivity contribution in [3.63, 3.8) is 0 Å². The number of halogens is 2. The second kappa shape index (κ2) is 8.59. The van der Waals surface area contributed by atoms with E-state index in [0.29, 0.717) is 31.3 Å². The van der Waals surface area contributed by atoms with Gasteiger partial charge in [-0.1, -0.05) is 6.07 Å². The second-order valence-electron chi connectivity index (χ2n) is 6.28. The van der Waals surface area contributed by atoms with Crippen molar-refractivity contribution in [1.29, 1.82) is 0 Å². The number of benzene rings is 1. The van der Waals surface area contributed by atoms with E-state index in [-0.39, 0.29) is 19.0 Å². The maximum absolute atomic E-state index is 13.6. The molecule has 1 aliphatic heterocycles. The van der Waals surface area contributed by atoms with Crippen LogP contribution in [0.2, 0.25) is 0 Å². The molecule has 8 nitrogen and oxygen atoms in total. The van der Waals surface area contributed by atoms with Crippen molar-refractivity contribution >= 4 is 23.5 Å². The summed E-state index contributed by atoms with van der Waals surface area (Å²) in [7, 11) is 1.76. The topological polar surface area (TPSA) is 90.5 Å². The molecule has 2 N–H and O–H groups in total. The molecule has 10 heteroatoms. The van der Waals surface area contributed by atoms with Crippen LogP contribution in [0.1, 0.15) is 10.4 Å². The Morgan fingerprint density at radius 1 is 1.18 bits per heavy atom. The van der Waals surface area contributed by atoms with Crippen LogP contribution in [-0.4, -0.2) is 66.5 Å². The molecule has 3 rings (SSSR count). The maximum atomic E-state index is 13.6. The maximum Gasteiger partial charge on any atom is 0.257 e. The summed E-state index contributed by atoms with van der Waals surface area (Å²) in [5.74, 6) is -1.49. The van der Waals surface area contributed by atoms with Gasteiger partial charge < -0.3 is 20.4 Å². The number of piperazine rings is 1. The van der Waals surface area contributed by atoms with Crippen molar-refractivity contribution in [3.8, 4) is 0 Å². The molecule has 0 spiro atoms. The first-order valence-corrected chi connectivity index (χ1v) is 8.72. The van der Waals surface area contributed by atoms with Crippen molar-refractivity contribution in [1.82, 2.24) is 20.2 Å². The van der Waals surface area contributed by atoms with E-state index in [1.165, 1.54) is 12.4 Å². The summed E-state index contributed by atoms with van der Waals surface area (Å²) < 4.78 is 27.2. The summed E-state index contributed by atoms with van der Waals surface area (Å²) in [4.78, 5) is 35.6. The van der Waals surface area contributed by atoms with Crippen LogP contribution in [0.15, 0.2) is 30.6 Å². The number of hydrogen-bond acceptors (Lipinski definition) is 6. The fourth-order valence-corrected chi connectivity index (χ4v) is 2.74. The molecule has 1 saturated heterocycles. The van der Waals surface area contributed by atoms with Crippen LogP contribution in [0.25, 0.3) is 0 Å². The lowest BCUT2D eigenvalue weighted by molar-refractivity contribution is -0.129. The van der Waals surface area contributed by atoms with Gasteiger partial charge in [0.2, 0.25) is 5.91 Å². The highest BCUT2D eigenvalue weighted by Crippen LogP contribution is 2.16. The van der Waals surface area contributed by atoms with E-state index in [2.05, 4.69) is 20.6 Å². The third-order valence-corrected chi connectivity index (χ3v) is 4.34. The molecule has 0 saturated carbocycles. The Hall–Kier alpha value is -3.30. The van der Waals surface area contributed by atoms with Crippen LogP contribution in [0.3, 0.4) is 0 Å². The third-order valence-electron chi connectivity index (χ3n) is 4.34. The number of carbonyl (C=O) groups is 2. The highest BCUT2D eigenvalue weighted by Gasteiger charge is 2.22. The SMILES string of the molecule is CN1CCN(c2cc(NCCNC(=O)c3c(F)cccc3F)ncn2)CC1=O. The summed E-state index contributed by atoms with van der Waals surface area (Å²) in [6, 6.07) is 4.96. The molecule has 1 aromatic carbocycles. The third kappa shape index (κ3) is 4.51. The van der Waals surface area contributed by atoms with Crippen molar-refractivity contribution in [2.24, 2.45) is 0 Å². The second-order valence-corrected chi connectivity index (χ2v) is 6.28. The predicted molar refractivity (Wildman–Crippen MR) is 99.1 cm³/mol. The van der Waals surface area contributed by atoms with E-state index in [9.17, 15) is 18.4 Å². The first-order valence-electron chi connectivity index (χ1n) is 8.72. The number of rotatable bonds is 6. The van der Waals surface area contributed by atoms with E-state index in [1.807, 2.05) is 4.90 Å². The molecule has 1 fully saturated rings. The van der Waals surface area contributed by atoms with Crippen LogP contribution < -0.4 is 15.5 Å². The van der Waals surface area contributed by atoms with Gasteiger partial charge in [0.05, 0.1) is 6.54 Å². The number of nitrogens with zero attached hydrogens (tertiary/aromatic N) is 4. The van der Waals surface area contributed by atoms with Crippen molar-refractivity contribution in [3.05, 3.63) is 47.8 Å². The number of hydrogen-bond donors (Lipinski definition) is 2. The molecule has 0 aliphatic carbocycles. The van der Waals surface area contributed by atoms with Crippen LogP contribution in [-0.2, 0) is 4.79 Å². The number of carbonyl (C=O) groups excluding carboxylic acids is 2. The van der Waals surface area contributed by atoms with Crippen LogP contribution in [0, 0.1) is 11.6 Å². The largest absolute Gasteiger partial charge is 0.368 e. The normalized spacial score (nSPS) is 14.2. The van der Waals surface area contributed by atoms with Crippen LogP contribution in [0.4, 0.5) is 20.4 Å². The zero-order valence-corrected chi connectivity index (χ0v) is 15.3. The molecule has 1 aromatic heterocycles. The Balaban J connectivity index is 1.52. The van der Waals surface area contributed by atoms with Crippen molar-refractivity contribution < 1.29 is 18.4 Å². The summed E-state index contributed by atoms with van der Waals surface area (Å²) in [6.07, 6.45) is 1.38.